The van der Waals surface area contributed by atoms with Crippen LogP contribution in [0.1, 0.15) is 21.5 Å². The first kappa shape index (κ1) is 25.9. The number of methoxy groups -OCH3 is 1. The molecule has 0 unspecified atom stereocenters. The molecule has 6 nitrogen and oxygen atoms in total. The third kappa shape index (κ3) is 6.23. The number of alkyl halides is 6. The van der Waals surface area contributed by atoms with Crippen molar-refractivity contribution in [3.8, 4) is 5.75 Å². The summed E-state index contributed by atoms with van der Waals surface area (Å²) in [6.45, 7) is 0. The van der Waals surface area contributed by atoms with Crippen LogP contribution < -0.4 is 14.8 Å². The van der Waals surface area contributed by atoms with Gasteiger partial charge in [0.15, 0.2) is 0 Å². The van der Waals surface area contributed by atoms with Crippen LogP contribution in [0.4, 0.5) is 37.7 Å². The topological polar surface area (TPSA) is 84.5 Å². The van der Waals surface area contributed by atoms with E-state index in [4.69, 9.17) is 4.74 Å². The van der Waals surface area contributed by atoms with E-state index in [0.29, 0.717) is 5.75 Å². The number of hydrogen-bond acceptors (Lipinski definition) is 4. The molecular formula is C22H16F6N2O4S. The molecule has 3 aromatic rings. The van der Waals surface area contributed by atoms with Gasteiger partial charge in [-0.3, -0.25) is 9.52 Å². The van der Waals surface area contributed by atoms with Gasteiger partial charge in [0, 0.05) is 11.3 Å². The summed E-state index contributed by atoms with van der Waals surface area (Å²) < 4.78 is 111. The Morgan fingerprint density at radius 2 is 1.51 bits per heavy atom. The van der Waals surface area contributed by atoms with Crippen LogP contribution in [-0.2, 0) is 22.4 Å². The Morgan fingerprint density at radius 1 is 0.857 bits per heavy atom. The summed E-state index contributed by atoms with van der Waals surface area (Å²) in [5, 5.41) is 1.80. The van der Waals surface area contributed by atoms with E-state index in [-0.39, 0.29) is 23.9 Å². The molecule has 13 heteroatoms. The van der Waals surface area contributed by atoms with Crippen LogP contribution in [0.3, 0.4) is 0 Å². The lowest BCUT2D eigenvalue weighted by Crippen LogP contribution is -2.19. The minimum Gasteiger partial charge on any atom is -0.497 e. The summed E-state index contributed by atoms with van der Waals surface area (Å²) in [4.78, 5) is 12.2. The van der Waals surface area contributed by atoms with E-state index < -0.39 is 55.6 Å². The normalized spacial score (nSPS) is 12.2. The minimum absolute atomic E-state index is 0.159. The van der Waals surface area contributed by atoms with E-state index in [1.165, 1.54) is 31.4 Å². The summed E-state index contributed by atoms with van der Waals surface area (Å²) in [5.41, 5.74) is -4.25. The van der Waals surface area contributed by atoms with Gasteiger partial charge in [-0.2, -0.15) is 26.3 Å². The average Bonchev–Trinajstić information content (AvgIpc) is 2.78. The predicted molar refractivity (Wildman–Crippen MR) is 115 cm³/mol. The molecule has 0 aliphatic rings. The Balaban J connectivity index is 1.90. The van der Waals surface area contributed by atoms with Gasteiger partial charge in [0.2, 0.25) is 0 Å². The van der Waals surface area contributed by atoms with Gasteiger partial charge < -0.3 is 10.1 Å². The number of ether oxygens (including phenoxy) is 1. The number of halogens is 6. The van der Waals surface area contributed by atoms with Crippen molar-refractivity contribution in [2.75, 3.05) is 17.1 Å². The number of carbonyl (C=O) groups excluding carboxylic acids is 1. The second-order valence-electron chi connectivity index (χ2n) is 7.07. The molecule has 0 saturated heterocycles. The summed E-state index contributed by atoms with van der Waals surface area (Å²) in [6, 6.07) is 10.7. The van der Waals surface area contributed by atoms with Gasteiger partial charge in [-0.05, 0) is 60.7 Å². The van der Waals surface area contributed by atoms with E-state index in [0.717, 1.165) is 24.3 Å². The van der Waals surface area contributed by atoms with Crippen LogP contribution in [0.15, 0.2) is 71.6 Å². The van der Waals surface area contributed by atoms with Gasteiger partial charge in [0.1, 0.15) is 5.75 Å². The van der Waals surface area contributed by atoms with Crippen molar-refractivity contribution in [3.05, 3.63) is 83.4 Å². The quantitative estimate of drug-likeness (QED) is 0.405. The maximum Gasteiger partial charge on any atom is 0.418 e. The Kier molecular flexibility index (Phi) is 7.01. The zero-order valence-electron chi connectivity index (χ0n) is 17.7. The Bertz CT molecular complexity index is 1340. The summed E-state index contributed by atoms with van der Waals surface area (Å²) >= 11 is 0. The first-order chi connectivity index (χ1) is 16.2. The number of nitrogens with one attached hydrogen (secondary N) is 2. The zero-order valence-corrected chi connectivity index (χ0v) is 18.5. The molecular weight excluding hydrogens is 502 g/mol. The van der Waals surface area contributed by atoms with E-state index in [9.17, 15) is 39.6 Å². The number of rotatable bonds is 6. The predicted octanol–water partition coefficient (Wildman–Crippen LogP) is 5.79. The fraction of sp³-hybridized carbons (Fsp3) is 0.136. The molecule has 0 bridgehead atoms. The van der Waals surface area contributed by atoms with Gasteiger partial charge in [-0.1, -0.05) is 6.07 Å². The van der Waals surface area contributed by atoms with Gasteiger partial charge >= 0.3 is 12.4 Å². The van der Waals surface area contributed by atoms with Crippen LogP contribution in [0.2, 0.25) is 0 Å². The molecule has 0 heterocycles. The fourth-order valence-corrected chi connectivity index (χ4v) is 4.05. The van der Waals surface area contributed by atoms with E-state index in [1.54, 1.807) is 5.32 Å². The van der Waals surface area contributed by atoms with Crippen molar-refractivity contribution in [2.24, 2.45) is 0 Å². The van der Waals surface area contributed by atoms with Gasteiger partial charge in [-0.15, -0.1) is 0 Å². The Labute approximate surface area is 195 Å². The highest BCUT2D eigenvalue weighted by atomic mass is 32.2. The molecule has 0 atom stereocenters. The van der Waals surface area contributed by atoms with Crippen LogP contribution in [0.5, 0.6) is 5.75 Å². The van der Waals surface area contributed by atoms with Crippen molar-refractivity contribution < 1.29 is 44.3 Å². The number of sulfonamides is 1. The Morgan fingerprint density at radius 3 is 2.09 bits per heavy atom. The lowest BCUT2D eigenvalue weighted by Gasteiger charge is -2.16. The van der Waals surface area contributed by atoms with Crippen LogP contribution in [0.25, 0.3) is 0 Å². The van der Waals surface area contributed by atoms with Crippen molar-refractivity contribution in [3.63, 3.8) is 0 Å². The summed E-state index contributed by atoms with van der Waals surface area (Å²) in [5.74, 6) is -0.768. The fourth-order valence-electron chi connectivity index (χ4n) is 2.94. The molecule has 1 amide bonds. The molecule has 35 heavy (non-hydrogen) atoms. The van der Waals surface area contributed by atoms with E-state index in [2.05, 4.69) is 4.72 Å². The highest BCUT2D eigenvalue weighted by molar-refractivity contribution is 7.92. The van der Waals surface area contributed by atoms with Gasteiger partial charge in [0.05, 0.1) is 28.8 Å². The SMILES string of the molecule is COc1ccc(NS(=O)(=O)c2cccc(C(=O)Nc3cc(C(F)(F)F)ccc3C(F)(F)F)c2)cc1. The second kappa shape index (κ2) is 9.49. The molecule has 186 valence electrons. The molecule has 0 radical (unpaired) electrons. The van der Waals surface area contributed by atoms with E-state index in [1.807, 2.05) is 0 Å². The number of anilines is 2. The largest absolute Gasteiger partial charge is 0.497 e. The lowest BCUT2D eigenvalue weighted by atomic mass is 10.1. The molecule has 0 saturated carbocycles. The molecule has 0 fully saturated rings. The minimum atomic E-state index is -5.06. The first-order valence-corrected chi connectivity index (χ1v) is 11.1. The maximum absolute atomic E-state index is 13.3. The molecule has 0 spiro atoms. The first-order valence-electron chi connectivity index (χ1n) is 9.57. The summed E-state index contributed by atoms with van der Waals surface area (Å²) in [7, 11) is -2.80. The molecule has 0 aliphatic heterocycles. The monoisotopic (exact) mass is 518 g/mol. The molecule has 0 aromatic heterocycles. The Hall–Kier alpha value is -3.74. The van der Waals surface area contributed by atoms with Crippen LogP contribution in [0, 0.1) is 0 Å². The highest BCUT2D eigenvalue weighted by Crippen LogP contribution is 2.39. The maximum atomic E-state index is 13.3. The van der Waals surface area contributed by atoms with Crippen molar-refractivity contribution >= 4 is 27.3 Å². The van der Waals surface area contributed by atoms with Crippen molar-refractivity contribution in [1.82, 2.24) is 0 Å². The lowest BCUT2D eigenvalue weighted by molar-refractivity contribution is -0.140. The van der Waals surface area contributed by atoms with Gasteiger partial charge in [-0.25, -0.2) is 8.42 Å². The highest BCUT2D eigenvalue weighted by Gasteiger charge is 2.37. The van der Waals surface area contributed by atoms with Gasteiger partial charge in [0.25, 0.3) is 15.9 Å². The third-order valence-electron chi connectivity index (χ3n) is 4.65. The third-order valence-corrected chi connectivity index (χ3v) is 6.03. The number of hydrogen-bond donors (Lipinski definition) is 2. The van der Waals surface area contributed by atoms with E-state index >= 15 is 0 Å². The average molecular weight is 518 g/mol. The van der Waals surface area contributed by atoms with Crippen LogP contribution >= 0.6 is 0 Å². The standard InChI is InChI=1S/C22H16F6N2O4S/c1-34-16-8-6-15(7-9-16)30-35(32,33)17-4-2-3-13(11-17)20(31)29-19-12-14(21(23,24)25)5-10-18(19)22(26,27)28/h2-12,30H,1H3,(H,29,31). The zero-order chi connectivity index (χ0) is 26.0. The molecule has 2 N–H and O–H groups in total. The summed E-state index contributed by atoms with van der Waals surface area (Å²) in [6.07, 6.45) is -10.0. The van der Waals surface area contributed by atoms with Crippen molar-refractivity contribution in [2.45, 2.75) is 17.2 Å². The smallest absolute Gasteiger partial charge is 0.418 e. The molecule has 3 aromatic carbocycles. The number of carbonyl (C=O) groups is 1. The van der Waals surface area contributed by atoms with Crippen molar-refractivity contribution in [1.29, 1.82) is 0 Å². The number of benzene rings is 3. The molecule has 3 rings (SSSR count). The van der Waals surface area contributed by atoms with Crippen LogP contribution in [-0.4, -0.2) is 21.4 Å². The molecule has 0 aliphatic carbocycles. The number of amides is 1. The second-order valence-corrected chi connectivity index (χ2v) is 8.75.